The van der Waals surface area contributed by atoms with Crippen molar-refractivity contribution >= 4 is 11.5 Å². The highest BCUT2D eigenvalue weighted by molar-refractivity contribution is 5.46. The van der Waals surface area contributed by atoms with Crippen LogP contribution < -0.4 is 4.90 Å². The van der Waals surface area contributed by atoms with Gasteiger partial charge in [0.05, 0.1) is 24.5 Å². The fraction of sp³-hybridized carbons (Fsp3) is 0.583. The summed E-state index contributed by atoms with van der Waals surface area (Å²) in [6.07, 6.45) is 1.66. The van der Waals surface area contributed by atoms with E-state index in [4.69, 9.17) is 4.74 Å². The van der Waals surface area contributed by atoms with Gasteiger partial charge < -0.3 is 24.9 Å². The van der Waals surface area contributed by atoms with Crippen LogP contribution in [0.25, 0.3) is 0 Å². The zero-order chi connectivity index (χ0) is 13.8. The van der Waals surface area contributed by atoms with Gasteiger partial charge in [0, 0.05) is 25.6 Å². The van der Waals surface area contributed by atoms with E-state index in [1.165, 1.54) is 12.3 Å². The van der Waals surface area contributed by atoms with E-state index < -0.39 is 11.0 Å². The van der Waals surface area contributed by atoms with Crippen molar-refractivity contribution < 1.29 is 14.8 Å². The van der Waals surface area contributed by atoms with E-state index in [1.807, 2.05) is 0 Å². The number of pyridine rings is 1. The lowest BCUT2D eigenvalue weighted by Crippen LogP contribution is -2.43. The molecule has 2 atom stereocenters. The number of nitrogens with zero attached hydrogens (tertiary/aromatic N) is 3. The molecule has 0 saturated carbocycles. The molecule has 0 aliphatic carbocycles. The Kier molecular flexibility index (Phi) is 4.28. The minimum atomic E-state index is -0.515. The van der Waals surface area contributed by atoms with Gasteiger partial charge in [0.15, 0.2) is 6.20 Å². The van der Waals surface area contributed by atoms with Crippen LogP contribution in [0.15, 0.2) is 18.3 Å². The number of aliphatic hydroxyl groups excluding tert-OH is 1. The number of hydrogen-bond donors (Lipinski definition) is 1. The third-order valence-corrected chi connectivity index (χ3v) is 3.03. The summed E-state index contributed by atoms with van der Waals surface area (Å²) in [7, 11) is 0. The van der Waals surface area contributed by atoms with Gasteiger partial charge in [-0.05, 0) is 22.9 Å². The molecule has 0 spiro atoms. The number of hydrogen-bond acceptors (Lipinski definition) is 6. The maximum atomic E-state index is 10.5. The summed E-state index contributed by atoms with van der Waals surface area (Å²) in [6.45, 7) is 3.68. The number of aliphatic hydroxyl groups is 1. The predicted octanol–water partition coefficient (Wildman–Crippen LogP) is 0.966. The van der Waals surface area contributed by atoms with E-state index in [1.54, 1.807) is 13.0 Å². The van der Waals surface area contributed by atoms with E-state index in [0.29, 0.717) is 19.6 Å². The zero-order valence-corrected chi connectivity index (χ0v) is 10.7. The Morgan fingerprint density at radius 1 is 1.68 bits per heavy atom. The summed E-state index contributed by atoms with van der Waals surface area (Å²) in [6, 6.07) is 3.09. The van der Waals surface area contributed by atoms with Crippen molar-refractivity contribution in [3.63, 3.8) is 0 Å². The molecule has 1 saturated heterocycles. The average Bonchev–Trinajstić information content (AvgIpc) is 2.38. The Bertz CT molecular complexity index is 435. The van der Waals surface area contributed by atoms with Crippen LogP contribution in [-0.2, 0) is 4.74 Å². The lowest BCUT2D eigenvalue weighted by molar-refractivity contribution is -0.389. The molecule has 1 fully saturated rings. The first-order valence-electron chi connectivity index (χ1n) is 6.21. The van der Waals surface area contributed by atoms with E-state index in [-0.39, 0.29) is 11.9 Å². The Morgan fingerprint density at radius 2 is 2.47 bits per heavy atom. The van der Waals surface area contributed by atoms with Crippen LogP contribution in [0.4, 0.5) is 11.5 Å². The van der Waals surface area contributed by atoms with Gasteiger partial charge >= 0.3 is 5.82 Å². The second-order valence-corrected chi connectivity index (χ2v) is 4.66. The second-order valence-electron chi connectivity index (χ2n) is 4.66. The normalized spacial score (nSPS) is 21.2. The van der Waals surface area contributed by atoms with Gasteiger partial charge in [-0.3, -0.25) is 0 Å². The fourth-order valence-electron chi connectivity index (χ4n) is 2.15. The summed E-state index contributed by atoms with van der Waals surface area (Å²) in [5.41, 5.74) is 0.837. The van der Waals surface area contributed by atoms with E-state index in [9.17, 15) is 15.2 Å². The number of aromatic nitrogens is 1. The average molecular weight is 267 g/mol. The third kappa shape index (κ3) is 3.62. The molecule has 2 unspecified atom stereocenters. The molecule has 1 aromatic heterocycles. The zero-order valence-electron chi connectivity index (χ0n) is 10.7. The van der Waals surface area contributed by atoms with Crippen LogP contribution in [0.3, 0.4) is 0 Å². The second kappa shape index (κ2) is 5.94. The maximum Gasteiger partial charge on any atom is 0.363 e. The van der Waals surface area contributed by atoms with Gasteiger partial charge in [-0.1, -0.05) is 0 Å². The largest absolute Gasteiger partial charge is 0.393 e. The lowest BCUT2D eigenvalue weighted by atomic mass is 10.1. The fourth-order valence-corrected chi connectivity index (χ4v) is 2.15. The monoisotopic (exact) mass is 267 g/mol. The van der Waals surface area contributed by atoms with Crippen LogP contribution in [0.1, 0.15) is 13.3 Å². The van der Waals surface area contributed by atoms with Crippen molar-refractivity contribution in [1.82, 2.24) is 4.98 Å². The van der Waals surface area contributed by atoms with Crippen molar-refractivity contribution in [2.75, 3.05) is 24.6 Å². The molecule has 19 heavy (non-hydrogen) atoms. The summed E-state index contributed by atoms with van der Waals surface area (Å²) in [5.74, 6) is -0.155. The van der Waals surface area contributed by atoms with E-state index in [2.05, 4.69) is 9.88 Å². The number of rotatable bonds is 4. The molecule has 1 aliphatic rings. The minimum absolute atomic E-state index is 0.0241. The van der Waals surface area contributed by atoms with Gasteiger partial charge in [0.2, 0.25) is 0 Å². The standard InChI is InChI=1S/C12H17N3O4/c1-9(16)6-11-8-14(4-5-19-11)10-2-3-12(13-7-10)15(17)18/h2-3,7,9,11,16H,4-6,8H2,1H3. The molecule has 2 heterocycles. The molecule has 7 nitrogen and oxygen atoms in total. The van der Waals surface area contributed by atoms with Gasteiger partial charge in [-0.15, -0.1) is 0 Å². The van der Waals surface area contributed by atoms with Crippen LogP contribution >= 0.6 is 0 Å². The molecule has 7 heteroatoms. The quantitative estimate of drug-likeness (QED) is 0.645. The molecule has 0 radical (unpaired) electrons. The molecule has 0 aromatic carbocycles. The molecule has 104 valence electrons. The number of morpholine rings is 1. The first kappa shape index (κ1) is 13.7. The minimum Gasteiger partial charge on any atom is -0.393 e. The van der Waals surface area contributed by atoms with Crippen molar-refractivity contribution in [3.05, 3.63) is 28.4 Å². The van der Waals surface area contributed by atoms with Crippen molar-refractivity contribution in [3.8, 4) is 0 Å². The predicted molar refractivity (Wildman–Crippen MR) is 69.1 cm³/mol. The highest BCUT2D eigenvalue weighted by Gasteiger charge is 2.23. The topological polar surface area (TPSA) is 88.7 Å². The third-order valence-electron chi connectivity index (χ3n) is 3.03. The summed E-state index contributed by atoms with van der Waals surface area (Å²) in [5, 5.41) is 19.9. The van der Waals surface area contributed by atoms with Crippen LogP contribution in [0, 0.1) is 10.1 Å². The van der Waals surface area contributed by atoms with Gasteiger partial charge in [-0.2, -0.15) is 0 Å². The molecule has 1 N–H and O–H groups in total. The SMILES string of the molecule is CC(O)CC1CN(c2ccc([N+](=O)[O-])nc2)CCO1. The molecule has 2 rings (SSSR count). The molecule has 1 aliphatic heterocycles. The van der Waals surface area contributed by atoms with E-state index in [0.717, 1.165) is 12.2 Å². The Labute approximate surface area is 111 Å². The highest BCUT2D eigenvalue weighted by atomic mass is 16.6. The first-order chi connectivity index (χ1) is 9.06. The highest BCUT2D eigenvalue weighted by Crippen LogP contribution is 2.20. The van der Waals surface area contributed by atoms with Crippen molar-refractivity contribution in [2.24, 2.45) is 0 Å². The Hall–Kier alpha value is -1.73. The van der Waals surface area contributed by atoms with Crippen LogP contribution in [0.5, 0.6) is 0 Å². The lowest BCUT2D eigenvalue weighted by Gasteiger charge is -2.34. The van der Waals surface area contributed by atoms with Gasteiger partial charge in [0.1, 0.15) is 0 Å². The number of nitro groups is 1. The van der Waals surface area contributed by atoms with Crippen molar-refractivity contribution in [1.29, 1.82) is 0 Å². The van der Waals surface area contributed by atoms with Crippen LogP contribution in [-0.4, -0.2) is 46.9 Å². The first-order valence-corrected chi connectivity index (χ1v) is 6.21. The molecule has 0 bridgehead atoms. The van der Waals surface area contributed by atoms with Gasteiger partial charge in [0.25, 0.3) is 0 Å². The number of anilines is 1. The van der Waals surface area contributed by atoms with E-state index >= 15 is 0 Å². The molecule has 1 aromatic rings. The summed E-state index contributed by atoms with van der Waals surface area (Å²) < 4.78 is 5.57. The van der Waals surface area contributed by atoms with Gasteiger partial charge in [-0.25, -0.2) is 0 Å². The Morgan fingerprint density at radius 3 is 3.05 bits per heavy atom. The Balaban J connectivity index is 2.02. The molecular formula is C12H17N3O4. The summed E-state index contributed by atoms with van der Waals surface area (Å²) in [4.78, 5) is 15.9. The molecular weight excluding hydrogens is 250 g/mol. The number of ether oxygens (including phenoxy) is 1. The summed E-state index contributed by atoms with van der Waals surface area (Å²) >= 11 is 0. The molecule has 0 amide bonds. The van der Waals surface area contributed by atoms with Crippen LogP contribution in [0.2, 0.25) is 0 Å². The van der Waals surface area contributed by atoms with Crippen molar-refractivity contribution in [2.45, 2.75) is 25.6 Å². The smallest absolute Gasteiger partial charge is 0.363 e. The maximum absolute atomic E-state index is 10.5.